The van der Waals surface area contributed by atoms with E-state index in [1.54, 1.807) is 11.1 Å². The minimum atomic E-state index is -0.266. The van der Waals surface area contributed by atoms with Gasteiger partial charge in [0.15, 0.2) is 5.13 Å². The highest BCUT2D eigenvalue weighted by Crippen LogP contribution is 2.13. The van der Waals surface area contributed by atoms with E-state index in [0.717, 1.165) is 0 Å². The number of nitrogens with zero attached hydrogens (tertiary/aromatic N) is 3. The van der Waals surface area contributed by atoms with Crippen LogP contribution in [-0.2, 0) is 9.53 Å². The minimum absolute atomic E-state index is 0.0733. The molecule has 1 aromatic rings. The molecular weight excluding hydrogens is 316 g/mol. The molecule has 0 aromatic carbocycles. The van der Waals surface area contributed by atoms with Crippen LogP contribution < -0.4 is 5.32 Å². The van der Waals surface area contributed by atoms with Crippen molar-refractivity contribution in [2.45, 2.75) is 26.8 Å². The van der Waals surface area contributed by atoms with Crippen molar-refractivity contribution in [2.75, 3.05) is 38.1 Å². The van der Waals surface area contributed by atoms with Crippen LogP contribution in [0.3, 0.4) is 0 Å². The van der Waals surface area contributed by atoms with Crippen molar-refractivity contribution in [3.8, 4) is 0 Å². The maximum atomic E-state index is 12.2. The number of ether oxygens (including phenoxy) is 1. The van der Waals surface area contributed by atoms with Crippen LogP contribution in [0.2, 0.25) is 0 Å². The Morgan fingerprint density at radius 2 is 2.00 bits per heavy atom. The molecule has 1 aliphatic heterocycles. The van der Waals surface area contributed by atoms with Crippen LogP contribution in [0.25, 0.3) is 0 Å². The van der Waals surface area contributed by atoms with E-state index < -0.39 is 0 Å². The van der Waals surface area contributed by atoms with Crippen LogP contribution in [0.5, 0.6) is 0 Å². The zero-order chi connectivity index (χ0) is 16.8. The number of carbonyl (C=O) groups is 2. The number of thiazole rings is 1. The zero-order valence-electron chi connectivity index (χ0n) is 13.8. The fourth-order valence-corrected chi connectivity index (χ4v) is 2.81. The van der Waals surface area contributed by atoms with Gasteiger partial charge in [-0.15, -0.1) is 11.3 Å². The third-order valence-electron chi connectivity index (χ3n) is 3.70. The summed E-state index contributed by atoms with van der Waals surface area (Å²) in [6.07, 6.45) is 1.39. The summed E-state index contributed by atoms with van der Waals surface area (Å²) >= 11 is 1.40. The lowest BCUT2D eigenvalue weighted by Crippen LogP contribution is -2.54. The van der Waals surface area contributed by atoms with Gasteiger partial charge in [0.05, 0.1) is 12.6 Å². The zero-order valence-corrected chi connectivity index (χ0v) is 14.6. The second kappa shape index (κ2) is 8.26. The standard InChI is InChI=1S/C15H24N4O3S/c1-11(2)10-22-15(21)19-7-5-18(6-8-19)12(3)13(20)17-14-16-4-9-23-14/h4,9,11-12H,5-8,10H2,1-3H3,(H,16,17,20). The molecule has 1 N–H and O–H groups in total. The van der Waals surface area contributed by atoms with Crippen LogP contribution in [0.1, 0.15) is 20.8 Å². The molecule has 1 fully saturated rings. The normalized spacial score (nSPS) is 17.1. The predicted octanol–water partition coefficient (Wildman–Crippen LogP) is 1.88. The molecule has 1 atom stereocenters. The first kappa shape index (κ1) is 17.7. The highest BCUT2D eigenvalue weighted by Gasteiger charge is 2.28. The second-order valence-corrected chi connectivity index (χ2v) is 6.89. The molecule has 8 heteroatoms. The number of carbonyl (C=O) groups excluding carboxylic acids is 2. The van der Waals surface area contributed by atoms with Crippen molar-refractivity contribution in [1.29, 1.82) is 0 Å². The Morgan fingerprint density at radius 3 is 2.57 bits per heavy atom. The summed E-state index contributed by atoms with van der Waals surface area (Å²) in [5, 5.41) is 5.24. The van der Waals surface area contributed by atoms with Gasteiger partial charge in [0.25, 0.3) is 0 Å². The molecular formula is C15H24N4O3S. The summed E-state index contributed by atoms with van der Waals surface area (Å²) < 4.78 is 5.24. The van der Waals surface area contributed by atoms with Gasteiger partial charge in [0.1, 0.15) is 0 Å². The van der Waals surface area contributed by atoms with Crippen LogP contribution in [0, 0.1) is 5.92 Å². The minimum Gasteiger partial charge on any atom is -0.449 e. The number of anilines is 1. The molecule has 23 heavy (non-hydrogen) atoms. The molecule has 1 aliphatic rings. The molecule has 0 spiro atoms. The Labute approximate surface area is 140 Å². The number of piperazine rings is 1. The molecule has 0 aliphatic carbocycles. The summed E-state index contributed by atoms with van der Waals surface area (Å²) in [6.45, 7) is 8.79. The van der Waals surface area contributed by atoms with Gasteiger partial charge in [-0.3, -0.25) is 9.69 Å². The molecule has 0 bridgehead atoms. The first-order valence-electron chi connectivity index (χ1n) is 7.83. The first-order chi connectivity index (χ1) is 11.0. The fraction of sp³-hybridized carbons (Fsp3) is 0.667. The summed E-state index contributed by atoms with van der Waals surface area (Å²) in [5.74, 6) is 0.255. The predicted molar refractivity (Wildman–Crippen MR) is 89.5 cm³/mol. The van der Waals surface area contributed by atoms with Crippen LogP contribution >= 0.6 is 11.3 Å². The van der Waals surface area contributed by atoms with Gasteiger partial charge in [0, 0.05) is 37.8 Å². The van der Waals surface area contributed by atoms with Crippen LogP contribution in [0.15, 0.2) is 11.6 Å². The Hall–Kier alpha value is -1.67. The van der Waals surface area contributed by atoms with E-state index in [1.165, 1.54) is 11.3 Å². The van der Waals surface area contributed by atoms with E-state index in [4.69, 9.17) is 4.74 Å². The third-order valence-corrected chi connectivity index (χ3v) is 4.39. The molecule has 1 saturated heterocycles. The number of rotatable bonds is 5. The molecule has 1 aromatic heterocycles. The average molecular weight is 340 g/mol. The molecule has 0 radical (unpaired) electrons. The van der Waals surface area contributed by atoms with Gasteiger partial charge in [-0.05, 0) is 12.8 Å². The largest absolute Gasteiger partial charge is 0.449 e. The molecule has 1 unspecified atom stereocenters. The van der Waals surface area contributed by atoms with E-state index in [1.807, 2.05) is 26.2 Å². The fourth-order valence-electron chi connectivity index (χ4n) is 2.28. The molecule has 2 heterocycles. The highest BCUT2D eigenvalue weighted by molar-refractivity contribution is 7.13. The van der Waals surface area contributed by atoms with Crippen LogP contribution in [0.4, 0.5) is 9.93 Å². The highest BCUT2D eigenvalue weighted by atomic mass is 32.1. The number of amides is 2. The quantitative estimate of drug-likeness (QED) is 0.886. The molecule has 2 rings (SSSR count). The Morgan fingerprint density at radius 1 is 1.30 bits per heavy atom. The van der Waals surface area contributed by atoms with E-state index in [9.17, 15) is 9.59 Å². The summed E-state index contributed by atoms with van der Waals surface area (Å²) in [5.41, 5.74) is 0. The van der Waals surface area contributed by atoms with Gasteiger partial charge in [0.2, 0.25) is 5.91 Å². The third kappa shape index (κ3) is 5.18. The van der Waals surface area contributed by atoms with E-state index in [2.05, 4.69) is 15.2 Å². The smallest absolute Gasteiger partial charge is 0.409 e. The molecule has 2 amide bonds. The monoisotopic (exact) mass is 340 g/mol. The first-order valence-corrected chi connectivity index (χ1v) is 8.71. The summed E-state index contributed by atoms with van der Waals surface area (Å²) in [4.78, 5) is 32.0. The lowest BCUT2D eigenvalue weighted by molar-refractivity contribution is -0.121. The molecule has 128 valence electrons. The van der Waals surface area contributed by atoms with E-state index >= 15 is 0 Å². The van der Waals surface area contributed by atoms with E-state index in [-0.39, 0.29) is 18.0 Å². The number of nitrogens with one attached hydrogen (secondary N) is 1. The van der Waals surface area contributed by atoms with Gasteiger partial charge < -0.3 is 15.0 Å². The van der Waals surface area contributed by atoms with Crippen LogP contribution in [-0.4, -0.2) is 65.6 Å². The maximum absolute atomic E-state index is 12.2. The summed E-state index contributed by atoms with van der Waals surface area (Å²) in [6, 6.07) is -0.257. The molecule has 7 nitrogen and oxygen atoms in total. The lowest BCUT2D eigenvalue weighted by atomic mass is 10.2. The number of hydrogen-bond acceptors (Lipinski definition) is 6. The maximum Gasteiger partial charge on any atom is 0.409 e. The van der Waals surface area contributed by atoms with Crippen molar-refractivity contribution in [1.82, 2.24) is 14.8 Å². The van der Waals surface area contributed by atoms with Crippen molar-refractivity contribution in [3.63, 3.8) is 0 Å². The summed E-state index contributed by atoms with van der Waals surface area (Å²) in [7, 11) is 0. The van der Waals surface area contributed by atoms with Gasteiger partial charge >= 0.3 is 6.09 Å². The van der Waals surface area contributed by atoms with Crippen molar-refractivity contribution in [2.24, 2.45) is 5.92 Å². The van der Waals surface area contributed by atoms with E-state index in [0.29, 0.717) is 43.8 Å². The lowest BCUT2D eigenvalue weighted by Gasteiger charge is -2.36. The SMILES string of the molecule is CC(C)COC(=O)N1CCN(C(C)C(=O)Nc2nccs2)CC1. The van der Waals surface area contributed by atoms with Crippen molar-refractivity contribution >= 4 is 28.5 Å². The number of hydrogen-bond donors (Lipinski definition) is 1. The Bertz CT molecular complexity index is 513. The van der Waals surface area contributed by atoms with Gasteiger partial charge in [-0.25, -0.2) is 9.78 Å². The van der Waals surface area contributed by atoms with Crippen molar-refractivity contribution < 1.29 is 14.3 Å². The second-order valence-electron chi connectivity index (χ2n) is 6.00. The van der Waals surface area contributed by atoms with Gasteiger partial charge in [-0.1, -0.05) is 13.8 Å². The Kier molecular flexibility index (Phi) is 6.35. The molecule has 0 saturated carbocycles. The number of aromatic nitrogens is 1. The topological polar surface area (TPSA) is 74.8 Å². The van der Waals surface area contributed by atoms with Crippen molar-refractivity contribution in [3.05, 3.63) is 11.6 Å². The average Bonchev–Trinajstić information content (AvgIpc) is 3.05. The van der Waals surface area contributed by atoms with Gasteiger partial charge in [-0.2, -0.15) is 0 Å². The Balaban J connectivity index is 1.77.